The summed E-state index contributed by atoms with van der Waals surface area (Å²) >= 11 is 0. The summed E-state index contributed by atoms with van der Waals surface area (Å²) < 4.78 is 0. The Kier molecular flexibility index (Phi) is 2.17. The smallest absolute Gasteiger partial charge is 0.320 e. The zero-order valence-corrected chi connectivity index (χ0v) is 5.60. The van der Waals surface area contributed by atoms with Gasteiger partial charge < -0.3 is 15.3 Å². The first-order valence-electron chi connectivity index (χ1n) is 2.96. The Morgan fingerprint density at radius 1 is 1.00 bits per heavy atom. The lowest BCUT2D eigenvalue weighted by Crippen LogP contribution is -1.99. The Hall–Kier alpha value is -1.43. The van der Waals surface area contributed by atoms with E-state index in [0.717, 1.165) is 0 Å². The highest BCUT2D eigenvalue weighted by atomic mass is 16.3. The Balaban J connectivity index is 2.89. The Morgan fingerprint density at radius 2 is 1.55 bits per heavy atom. The van der Waals surface area contributed by atoms with Crippen LogP contribution in [0, 0.1) is 0 Å². The summed E-state index contributed by atoms with van der Waals surface area (Å²) in [4.78, 5) is 10.00. The van der Waals surface area contributed by atoms with Crippen LogP contribution >= 0.6 is 0 Å². The lowest BCUT2D eigenvalue weighted by Gasteiger charge is -1.96. The van der Waals surface area contributed by atoms with E-state index in [4.69, 9.17) is 15.3 Å². The molecule has 0 aliphatic carbocycles. The number of aliphatic hydroxyl groups excluding tert-OH is 1. The molecular formula is C5H7N3O3. The average Bonchev–Trinajstić information content (AvgIpc) is 1.85. The predicted octanol–water partition coefficient (Wildman–Crippen LogP) is -1.18. The standard InChI is InChI=1S/C5H7N3O3/c9-2-1-3-6-4(10)8-5(11)7-3/h9H,1-2H2,(H2,6,7,8,10,11). The van der Waals surface area contributed by atoms with Crippen molar-refractivity contribution in [2.45, 2.75) is 6.42 Å². The quantitative estimate of drug-likeness (QED) is 0.499. The predicted molar refractivity (Wildman–Crippen MR) is 33.9 cm³/mol. The van der Waals surface area contributed by atoms with E-state index in [-0.39, 0.29) is 18.9 Å². The van der Waals surface area contributed by atoms with E-state index in [0.29, 0.717) is 0 Å². The second-order valence-corrected chi connectivity index (χ2v) is 1.83. The molecule has 6 nitrogen and oxygen atoms in total. The molecule has 0 unspecified atom stereocenters. The van der Waals surface area contributed by atoms with Gasteiger partial charge in [-0.05, 0) is 0 Å². The van der Waals surface area contributed by atoms with Crippen molar-refractivity contribution in [2.24, 2.45) is 0 Å². The van der Waals surface area contributed by atoms with E-state index in [1.54, 1.807) is 0 Å². The van der Waals surface area contributed by atoms with Crippen LogP contribution in [0.4, 0.5) is 0 Å². The number of rotatable bonds is 2. The van der Waals surface area contributed by atoms with E-state index in [1.165, 1.54) is 0 Å². The van der Waals surface area contributed by atoms with Crippen molar-refractivity contribution in [1.29, 1.82) is 0 Å². The fourth-order valence-electron chi connectivity index (χ4n) is 0.607. The first-order chi connectivity index (χ1) is 5.22. The molecule has 1 aromatic rings. The highest BCUT2D eigenvalue weighted by Gasteiger charge is 2.02. The third-order valence-corrected chi connectivity index (χ3v) is 0.994. The number of hydrogen-bond donors (Lipinski definition) is 3. The zero-order valence-electron chi connectivity index (χ0n) is 5.60. The molecule has 0 aliphatic rings. The molecule has 1 heterocycles. The lowest BCUT2D eigenvalue weighted by molar-refractivity contribution is 0.293. The van der Waals surface area contributed by atoms with Crippen LogP contribution in [0.25, 0.3) is 0 Å². The van der Waals surface area contributed by atoms with Gasteiger partial charge in [-0.3, -0.25) is 0 Å². The van der Waals surface area contributed by atoms with Crippen LogP contribution in [0.5, 0.6) is 12.0 Å². The van der Waals surface area contributed by atoms with Gasteiger partial charge in [-0.2, -0.15) is 9.97 Å². The minimum absolute atomic E-state index is 0.136. The van der Waals surface area contributed by atoms with Gasteiger partial charge in [-0.1, -0.05) is 0 Å². The van der Waals surface area contributed by atoms with Gasteiger partial charge in [0.1, 0.15) is 5.82 Å². The maximum absolute atomic E-state index is 8.72. The van der Waals surface area contributed by atoms with E-state index in [9.17, 15) is 0 Å². The van der Waals surface area contributed by atoms with Crippen LogP contribution in [-0.2, 0) is 6.42 Å². The average molecular weight is 157 g/mol. The number of aliphatic hydroxyl groups is 1. The van der Waals surface area contributed by atoms with Crippen molar-refractivity contribution in [3.05, 3.63) is 5.82 Å². The van der Waals surface area contributed by atoms with Gasteiger partial charge in [0.15, 0.2) is 0 Å². The summed E-state index contributed by atoms with van der Waals surface area (Å²) in [7, 11) is 0. The van der Waals surface area contributed by atoms with E-state index in [2.05, 4.69) is 15.0 Å². The Labute approximate surface area is 62.2 Å². The van der Waals surface area contributed by atoms with Gasteiger partial charge >= 0.3 is 12.0 Å². The van der Waals surface area contributed by atoms with Crippen molar-refractivity contribution < 1.29 is 15.3 Å². The number of nitrogens with zero attached hydrogens (tertiary/aromatic N) is 3. The summed E-state index contributed by atoms with van der Waals surface area (Å²) in [5.41, 5.74) is 0. The monoisotopic (exact) mass is 157 g/mol. The molecule has 0 spiro atoms. The fourth-order valence-corrected chi connectivity index (χ4v) is 0.607. The molecule has 6 heteroatoms. The summed E-state index contributed by atoms with van der Waals surface area (Å²) in [5.74, 6) is 0.164. The molecule has 0 radical (unpaired) electrons. The van der Waals surface area contributed by atoms with Gasteiger partial charge in [0, 0.05) is 6.42 Å². The first kappa shape index (κ1) is 7.67. The molecule has 3 N–H and O–H groups in total. The normalized spacial score (nSPS) is 9.91. The molecule has 0 saturated heterocycles. The van der Waals surface area contributed by atoms with E-state index < -0.39 is 12.0 Å². The highest BCUT2D eigenvalue weighted by molar-refractivity contribution is 5.02. The Morgan fingerprint density at radius 3 is 2.00 bits per heavy atom. The van der Waals surface area contributed by atoms with Crippen molar-refractivity contribution in [1.82, 2.24) is 15.0 Å². The van der Waals surface area contributed by atoms with Gasteiger partial charge in [0.05, 0.1) is 6.61 Å². The summed E-state index contributed by atoms with van der Waals surface area (Å²) in [6.45, 7) is -0.136. The zero-order chi connectivity index (χ0) is 8.27. The maximum atomic E-state index is 8.72. The molecule has 0 atom stereocenters. The summed E-state index contributed by atoms with van der Waals surface area (Å²) in [5, 5.41) is 25.9. The maximum Gasteiger partial charge on any atom is 0.320 e. The van der Waals surface area contributed by atoms with E-state index in [1.807, 2.05) is 0 Å². The SMILES string of the molecule is OCCc1nc(O)nc(O)n1. The molecule has 0 aliphatic heterocycles. The molecule has 1 aromatic heterocycles. The van der Waals surface area contributed by atoms with Crippen LogP contribution < -0.4 is 0 Å². The molecule has 60 valence electrons. The molecule has 0 saturated carbocycles. The molecule has 0 fully saturated rings. The summed E-state index contributed by atoms with van der Waals surface area (Å²) in [6, 6.07) is -1.08. The minimum atomic E-state index is -0.541. The Bertz CT molecular complexity index is 232. The summed E-state index contributed by atoms with van der Waals surface area (Å²) in [6.07, 6.45) is 0.184. The molecular weight excluding hydrogens is 150 g/mol. The second-order valence-electron chi connectivity index (χ2n) is 1.83. The van der Waals surface area contributed by atoms with Crippen molar-refractivity contribution in [2.75, 3.05) is 6.61 Å². The van der Waals surface area contributed by atoms with Gasteiger partial charge in [-0.25, -0.2) is 0 Å². The van der Waals surface area contributed by atoms with Crippen molar-refractivity contribution in [3.63, 3.8) is 0 Å². The largest absolute Gasteiger partial charge is 0.479 e. The number of aromatic nitrogens is 3. The molecule has 0 amide bonds. The molecule has 0 aromatic carbocycles. The highest BCUT2D eigenvalue weighted by Crippen LogP contribution is 2.05. The molecule has 0 bridgehead atoms. The van der Waals surface area contributed by atoms with Gasteiger partial charge in [0.2, 0.25) is 0 Å². The third kappa shape index (κ3) is 2.01. The lowest BCUT2D eigenvalue weighted by atomic mass is 10.4. The van der Waals surface area contributed by atoms with Crippen LogP contribution in [-0.4, -0.2) is 36.9 Å². The van der Waals surface area contributed by atoms with E-state index >= 15 is 0 Å². The molecule has 1 rings (SSSR count). The van der Waals surface area contributed by atoms with Crippen LogP contribution in [0.1, 0.15) is 5.82 Å². The van der Waals surface area contributed by atoms with Crippen LogP contribution in [0.15, 0.2) is 0 Å². The molecule has 11 heavy (non-hydrogen) atoms. The minimum Gasteiger partial charge on any atom is -0.479 e. The second kappa shape index (κ2) is 3.11. The van der Waals surface area contributed by atoms with Crippen molar-refractivity contribution in [3.8, 4) is 12.0 Å². The topological polar surface area (TPSA) is 99.4 Å². The van der Waals surface area contributed by atoms with Gasteiger partial charge in [0.25, 0.3) is 0 Å². The van der Waals surface area contributed by atoms with Crippen LogP contribution in [0.2, 0.25) is 0 Å². The number of aromatic hydroxyl groups is 2. The van der Waals surface area contributed by atoms with Crippen molar-refractivity contribution >= 4 is 0 Å². The fraction of sp³-hybridized carbons (Fsp3) is 0.400. The van der Waals surface area contributed by atoms with Gasteiger partial charge in [-0.15, -0.1) is 4.98 Å². The number of hydrogen-bond acceptors (Lipinski definition) is 6. The first-order valence-corrected chi connectivity index (χ1v) is 2.96. The third-order valence-electron chi connectivity index (χ3n) is 0.994. The van der Waals surface area contributed by atoms with Crippen LogP contribution in [0.3, 0.4) is 0 Å².